The number of aromatic nitrogens is 3. The molecule has 3 heterocycles. The molecule has 0 aromatic carbocycles. The summed E-state index contributed by atoms with van der Waals surface area (Å²) >= 11 is 3.92. The van der Waals surface area contributed by atoms with Crippen LogP contribution in [0, 0.1) is 0 Å². The lowest BCUT2D eigenvalue weighted by Crippen LogP contribution is -2.06. The predicted molar refractivity (Wildman–Crippen MR) is 85.4 cm³/mol. The molecule has 1 N–H and O–H groups in total. The van der Waals surface area contributed by atoms with E-state index in [-0.39, 0.29) is 0 Å². The van der Waals surface area contributed by atoms with Crippen molar-refractivity contribution in [3.8, 4) is 10.7 Å². The maximum absolute atomic E-state index is 4.78. The molecule has 5 heteroatoms. The summed E-state index contributed by atoms with van der Waals surface area (Å²) in [5.74, 6) is 5.05. The van der Waals surface area contributed by atoms with Gasteiger partial charge in [-0.1, -0.05) is 19.3 Å². The molecular weight excluding hydrogens is 286 g/mol. The van der Waals surface area contributed by atoms with Crippen LogP contribution in [0.1, 0.15) is 54.3 Å². The zero-order chi connectivity index (χ0) is 13.4. The Balaban J connectivity index is 1.59. The van der Waals surface area contributed by atoms with E-state index in [4.69, 9.17) is 4.98 Å². The van der Waals surface area contributed by atoms with E-state index in [2.05, 4.69) is 16.3 Å². The van der Waals surface area contributed by atoms with Crippen LogP contribution >= 0.6 is 23.1 Å². The van der Waals surface area contributed by atoms with Gasteiger partial charge in [0.2, 0.25) is 0 Å². The number of hydrogen-bond donors (Lipinski definition) is 1. The molecule has 0 spiro atoms. The van der Waals surface area contributed by atoms with E-state index >= 15 is 0 Å². The summed E-state index contributed by atoms with van der Waals surface area (Å²) in [5.41, 5.74) is 1.50. The van der Waals surface area contributed by atoms with Gasteiger partial charge in [-0.05, 0) is 36.6 Å². The van der Waals surface area contributed by atoms with Crippen LogP contribution in [-0.2, 0) is 12.2 Å². The number of thioether (sulfide) groups is 1. The van der Waals surface area contributed by atoms with E-state index in [0.717, 1.165) is 17.4 Å². The molecule has 2 aromatic heterocycles. The molecular formula is C15H19N3S2. The van der Waals surface area contributed by atoms with E-state index < -0.39 is 0 Å². The molecule has 0 unspecified atom stereocenters. The fourth-order valence-electron chi connectivity index (χ4n) is 3.20. The van der Waals surface area contributed by atoms with Gasteiger partial charge in [0.05, 0.1) is 4.88 Å². The summed E-state index contributed by atoms with van der Waals surface area (Å²) in [7, 11) is 0. The van der Waals surface area contributed by atoms with Gasteiger partial charge in [-0.2, -0.15) is 16.9 Å². The van der Waals surface area contributed by atoms with E-state index in [1.165, 1.54) is 54.7 Å². The Morgan fingerprint density at radius 3 is 2.95 bits per heavy atom. The van der Waals surface area contributed by atoms with Gasteiger partial charge in [0, 0.05) is 16.5 Å². The molecule has 20 heavy (non-hydrogen) atoms. The average molecular weight is 305 g/mol. The van der Waals surface area contributed by atoms with Gasteiger partial charge in [-0.3, -0.25) is 5.10 Å². The van der Waals surface area contributed by atoms with Gasteiger partial charge < -0.3 is 0 Å². The Hall–Kier alpha value is -0.810. The first kappa shape index (κ1) is 12.9. The van der Waals surface area contributed by atoms with E-state index in [1.807, 2.05) is 23.1 Å². The molecule has 106 valence electrons. The highest BCUT2D eigenvalue weighted by atomic mass is 32.2. The zero-order valence-electron chi connectivity index (χ0n) is 11.5. The van der Waals surface area contributed by atoms with Crippen LogP contribution in [0.15, 0.2) is 6.07 Å². The molecule has 2 aliphatic rings. The topological polar surface area (TPSA) is 41.6 Å². The third-order valence-electron chi connectivity index (χ3n) is 4.34. The zero-order valence-corrected chi connectivity index (χ0v) is 13.2. The van der Waals surface area contributed by atoms with Crippen molar-refractivity contribution in [2.24, 2.45) is 0 Å². The fourth-order valence-corrected chi connectivity index (χ4v) is 5.51. The normalized spacial score (nSPS) is 20.0. The second-order valence-electron chi connectivity index (χ2n) is 5.74. The molecule has 0 amide bonds. The minimum Gasteiger partial charge on any atom is -0.262 e. The second-order valence-corrected chi connectivity index (χ2v) is 7.98. The maximum Gasteiger partial charge on any atom is 0.191 e. The number of hydrogen-bond acceptors (Lipinski definition) is 4. The molecule has 1 fully saturated rings. The van der Waals surface area contributed by atoms with Crippen molar-refractivity contribution >= 4 is 23.1 Å². The number of nitrogens with one attached hydrogen (secondary N) is 1. The number of H-pyrrole nitrogens is 1. The Morgan fingerprint density at radius 2 is 2.10 bits per heavy atom. The standard InChI is InChI=1S/C15H19N3S2/c1-2-4-10(5-3-1)14-16-15(18-17-14)13-8-11-9-19-7-6-12(11)20-13/h8,10H,1-7,9H2,(H,16,17,18). The van der Waals surface area contributed by atoms with Crippen molar-refractivity contribution in [2.45, 2.75) is 50.2 Å². The number of thiophene rings is 1. The van der Waals surface area contributed by atoms with Gasteiger partial charge in [0.25, 0.3) is 0 Å². The monoisotopic (exact) mass is 305 g/mol. The number of aryl methyl sites for hydroxylation is 1. The molecule has 3 nitrogen and oxygen atoms in total. The quantitative estimate of drug-likeness (QED) is 0.895. The molecule has 0 saturated heterocycles. The predicted octanol–water partition coefficient (Wildman–Crippen LogP) is 4.37. The van der Waals surface area contributed by atoms with Crippen molar-refractivity contribution in [3.63, 3.8) is 0 Å². The lowest BCUT2D eigenvalue weighted by atomic mass is 9.89. The van der Waals surface area contributed by atoms with Gasteiger partial charge in [0.15, 0.2) is 5.82 Å². The minimum absolute atomic E-state index is 0.607. The number of fused-ring (bicyclic) bond motifs is 1. The van der Waals surface area contributed by atoms with Crippen LogP contribution < -0.4 is 0 Å². The Bertz CT molecular complexity index is 573. The largest absolute Gasteiger partial charge is 0.262 e. The highest BCUT2D eigenvalue weighted by Crippen LogP contribution is 2.37. The van der Waals surface area contributed by atoms with Crippen molar-refractivity contribution in [3.05, 3.63) is 22.3 Å². The highest BCUT2D eigenvalue weighted by molar-refractivity contribution is 7.98. The maximum atomic E-state index is 4.78. The molecule has 2 aromatic rings. The van der Waals surface area contributed by atoms with Crippen LogP contribution in [0.2, 0.25) is 0 Å². The smallest absolute Gasteiger partial charge is 0.191 e. The number of rotatable bonds is 2. The molecule has 1 aliphatic heterocycles. The summed E-state index contributed by atoms with van der Waals surface area (Å²) in [6.07, 6.45) is 7.81. The number of aromatic amines is 1. The second kappa shape index (κ2) is 5.53. The van der Waals surface area contributed by atoms with Crippen molar-refractivity contribution in [2.75, 3.05) is 5.75 Å². The third kappa shape index (κ3) is 2.42. The molecule has 4 rings (SSSR count). The van der Waals surface area contributed by atoms with Crippen molar-refractivity contribution < 1.29 is 0 Å². The van der Waals surface area contributed by atoms with Gasteiger partial charge in [-0.15, -0.1) is 11.3 Å². The summed E-state index contributed by atoms with van der Waals surface area (Å²) < 4.78 is 0. The Morgan fingerprint density at radius 1 is 1.20 bits per heavy atom. The van der Waals surface area contributed by atoms with Crippen LogP contribution in [0.5, 0.6) is 0 Å². The Labute approximate surface area is 127 Å². The van der Waals surface area contributed by atoms with Crippen LogP contribution in [0.25, 0.3) is 10.7 Å². The summed E-state index contributed by atoms with van der Waals surface area (Å²) in [6, 6.07) is 2.31. The molecule has 0 atom stereocenters. The first-order valence-corrected chi connectivity index (χ1v) is 9.49. The molecule has 1 aliphatic carbocycles. The van der Waals surface area contributed by atoms with Crippen molar-refractivity contribution in [1.82, 2.24) is 15.2 Å². The summed E-state index contributed by atoms with van der Waals surface area (Å²) in [4.78, 5) is 7.57. The molecule has 0 radical (unpaired) electrons. The van der Waals surface area contributed by atoms with Gasteiger partial charge in [-0.25, -0.2) is 4.98 Å². The molecule has 0 bridgehead atoms. The van der Waals surface area contributed by atoms with E-state index in [9.17, 15) is 0 Å². The lowest BCUT2D eigenvalue weighted by Gasteiger charge is -2.18. The SMILES string of the molecule is c1c(-c2n[nH]c(C3CCCCC3)n2)sc2c1CSCC2. The fraction of sp³-hybridized carbons (Fsp3) is 0.600. The summed E-state index contributed by atoms with van der Waals surface area (Å²) in [5, 5.41) is 7.67. The first-order chi connectivity index (χ1) is 9.90. The van der Waals surface area contributed by atoms with E-state index in [0.29, 0.717) is 5.92 Å². The van der Waals surface area contributed by atoms with Crippen molar-refractivity contribution in [1.29, 1.82) is 0 Å². The average Bonchev–Trinajstić information content (AvgIpc) is 3.14. The van der Waals surface area contributed by atoms with E-state index in [1.54, 1.807) is 4.88 Å². The number of nitrogens with zero attached hydrogens (tertiary/aromatic N) is 2. The molecule has 1 saturated carbocycles. The van der Waals surface area contributed by atoms with Gasteiger partial charge in [0.1, 0.15) is 5.82 Å². The highest BCUT2D eigenvalue weighted by Gasteiger charge is 2.21. The third-order valence-corrected chi connectivity index (χ3v) is 6.58. The van der Waals surface area contributed by atoms with Crippen LogP contribution in [0.4, 0.5) is 0 Å². The van der Waals surface area contributed by atoms with Crippen LogP contribution in [0.3, 0.4) is 0 Å². The first-order valence-electron chi connectivity index (χ1n) is 7.52. The minimum atomic E-state index is 0.607. The van der Waals surface area contributed by atoms with Gasteiger partial charge >= 0.3 is 0 Å². The van der Waals surface area contributed by atoms with Crippen LogP contribution in [-0.4, -0.2) is 20.9 Å². The summed E-state index contributed by atoms with van der Waals surface area (Å²) in [6.45, 7) is 0. The Kier molecular flexibility index (Phi) is 3.56. The lowest BCUT2D eigenvalue weighted by molar-refractivity contribution is 0.429.